The Morgan fingerprint density at radius 1 is 1.20 bits per heavy atom. The summed E-state index contributed by atoms with van der Waals surface area (Å²) in [5.41, 5.74) is 1.18. The van der Waals surface area contributed by atoms with Gasteiger partial charge < -0.3 is 15.2 Å². The van der Waals surface area contributed by atoms with Crippen LogP contribution < -0.4 is 10.1 Å². The number of halogens is 1. The van der Waals surface area contributed by atoms with Crippen molar-refractivity contribution >= 4 is 23.3 Å². The second-order valence-electron chi connectivity index (χ2n) is 4.12. The minimum atomic E-state index is -0.945. The molecule has 0 unspecified atom stereocenters. The SMILES string of the molecule is O=C(O)c1ccc(OCCNc2cccc(Cl)c2)cc1. The summed E-state index contributed by atoms with van der Waals surface area (Å²) in [6.45, 7) is 1.10. The van der Waals surface area contributed by atoms with Crippen molar-refractivity contribution < 1.29 is 14.6 Å². The normalized spacial score (nSPS) is 10.1. The lowest BCUT2D eigenvalue weighted by Gasteiger charge is -2.09. The van der Waals surface area contributed by atoms with Crippen molar-refractivity contribution in [1.82, 2.24) is 0 Å². The van der Waals surface area contributed by atoms with Crippen LogP contribution in [0.1, 0.15) is 10.4 Å². The van der Waals surface area contributed by atoms with Crippen molar-refractivity contribution in [2.45, 2.75) is 0 Å². The van der Waals surface area contributed by atoms with Gasteiger partial charge in [-0.1, -0.05) is 17.7 Å². The molecule has 20 heavy (non-hydrogen) atoms. The van der Waals surface area contributed by atoms with Gasteiger partial charge in [0, 0.05) is 17.3 Å². The average molecular weight is 292 g/mol. The van der Waals surface area contributed by atoms with Crippen LogP contribution in [-0.4, -0.2) is 24.2 Å². The Morgan fingerprint density at radius 2 is 1.95 bits per heavy atom. The van der Waals surface area contributed by atoms with E-state index in [4.69, 9.17) is 21.4 Å². The lowest BCUT2D eigenvalue weighted by molar-refractivity contribution is 0.0697. The molecule has 0 aliphatic rings. The molecule has 0 atom stereocenters. The van der Waals surface area contributed by atoms with Gasteiger partial charge >= 0.3 is 5.97 Å². The highest BCUT2D eigenvalue weighted by atomic mass is 35.5. The number of rotatable bonds is 6. The van der Waals surface area contributed by atoms with E-state index in [-0.39, 0.29) is 5.56 Å². The Kier molecular flexibility index (Phi) is 4.85. The Morgan fingerprint density at radius 3 is 2.60 bits per heavy atom. The summed E-state index contributed by atoms with van der Waals surface area (Å²) in [6, 6.07) is 13.8. The van der Waals surface area contributed by atoms with Gasteiger partial charge in [0.05, 0.1) is 5.56 Å². The van der Waals surface area contributed by atoms with Crippen LogP contribution >= 0.6 is 11.6 Å². The maximum Gasteiger partial charge on any atom is 0.335 e. The highest BCUT2D eigenvalue weighted by molar-refractivity contribution is 6.30. The van der Waals surface area contributed by atoms with Crippen LogP contribution in [0.4, 0.5) is 5.69 Å². The van der Waals surface area contributed by atoms with Crippen LogP contribution in [0.3, 0.4) is 0 Å². The molecule has 4 nitrogen and oxygen atoms in total. The maximum absolute atomic E-state index is 10.7. The molecule has 104 valence electrons. The first-order valence-electron chi connectivity index (χ1n) is 6.11. The highest BCUT2D eigenvalue weighted by Crippen LogP contribution is 2.15. The minimum absolute atomic E-state index is 0.245. The van der Waals surface area contributed by atoms with E-state index in [1.807, 2.05) is 24.3 Å². The second kappa shape index (κ2) is 6.82. The van der Waals surface area contributed by atoms with Gasteiger partial charge in [-0.05, 0) is 42.5 Å². The molecule has 0 saturated heterocycles. The number of carboxylic acids is 1. The standard InChI is InChI=1S/C15H14ClNO3/c16-12-2-1-3-13(10-12)17-8-9-20-14-6-4-11(5-7-14)15(18)19/h1-7,10,17H,8-9H2,(H,18,19). The molecule has 0 aromatic heterocycles. The van der Waals surface area contributed by atoms with Crippen molar-refractivity contribution in [3.63, 3.8) is 0 Å². The van der Waals surface area contributed by atoms with Gasteiger partial charge in [0.25, 0.3) is 0 Å². The number of hydrogen-bond donors (Lipinski definition) is 2. The lowest BCUT2D eigenvalue weighted by Crippen LogP contribution is -2.11. The first-order chi connectivity index (χ1) is 9.65. The average Bonchev–Trinajstić information content (AvgIpc) is 2.44. The van der Waals surface area contributed by atoms with Gasteiger partial charge in [0.2, 0.25) is 0 Å². The molecule has 0 aliphatic heterocycles. The van der Waals surface area contributed by atoms with Gasteiger partial charge in [0.1, 0.15) is 12.4 Å². The zero-order valence-corrected chi connectivity index (χ0v) is 11.4. The van der Waals surface area contributed by atoms with Gasteiger partial charge in [-0.3, -0.25) is 0 Å². The molecule has 0 bridgehead atoms. The van der Waals surface area contributed by atoms with E-state index in [2.05, 4.69) is 5.32 Å². The Hall–Kier alpha value is -2.20. The maximum atomic E-state index is 10.7. The molecule has 2 aromatic carbocycles. The first-order valence-corrected chi connectivity index (χ1v) is 6.48. The fraction of sp³-hybridized carbons (Fsp3) is 0.133. The molecular formula is C15H14ClNO3. The largest absolute Gasteiger partial charge is 0.492 e. The third-order valence-electron chi connectivity index (χ3n) is 2.63. The Bertz CT molecular complexity index is 584. The van der Waals surface area contributed by atoms with Gasteiger partial charge in [-0.2, -0.15) is 0 Å². The molecule has 2 N–H and O–H groups in total. The third-order valence-corrected chi connectivity index (χ3v) is 2.86. The molecule has 2 aromatic rings. The van der Waals surface area contributed by atoms with E-state index < -0.39 is 5.97 Å². The second-order valence-corrected chi connectivity index (χ2v) is 4.55. The van der Waals surface area contributed by atoms with Gasteiger partial charge in [0.15, 0.2) is 0 Å². The number of anilines is 1. The molecule has 5 heteroatoms. The van der Waals surface area contributed by atoms with E-state index in [9.17, 15) is 4.79 Å². The number of hydrogen-bond acceptors (Lipinski definition) is 3. The third kappa shape index (κ3) is 4.17. The molecule has 0 radical (unpaired) electrons. The number of ether oxygens (including phenoxy) is 1. The van der Waals surface area contributed by atoms with E-state index in [1.54, 1.807) is 12.1 Å². The van der Waals surface area contributed by atoms with E-state index in [0.29, 0.717) is 23.9 Å². The number of benzene rings is 2. The summed E-state index contributed by atoms with van der Waals surface area (Å²) in [5, 5.41) is 12.6. The molecule has 0 amide bonds. The molecule has 0 fully saturated rings. The number of aromatic carboxylic acids is 1. The van der Waals surface area contributed by atoms with E-state index in [0.717, 1.165) is 5.69 Å². The van der Waals surface area contributed by atoms with Crippen LogP contribution in [0.2, 0.25) is 5.02 Å². The smallest absolute Gasteiger partial charge is 0.335 e. The van der Waals surface area contributed by atoms with Crippen LogP contribution in [0.25, 0.3) is 0 Å². The van der Waals surface area contributed by atoms with Crippen molar-refractivity contribution in [2.75, 3.05) is 18.5 Å². The summed E-state index contributed by atoms with van der Waals surface area (Å²) in [4.78, 5) is 10.7. The topological polar surface area (TPSA) is 58.6 Å². The molecule has 0 spiro atoms. The summed E-state index contributed by atoms with van der Waals surface area (Å²) in [6.07, 6.45) is 0. The van der Waals surface area contributed by atoms with Crippen LogP contribution in [0.5, 0.6) is 5.75 Å². The van der Waals surface area contributed by atoms with Gasteiger partial charge in [-0.25, -0.2) is 4.79 Å². The van der Waals surface area contributed by atoms with Crippen molar-refractivity contribution in [3.8, 4) is 5.75 Å². The van der Waals surface area contributed by atoms with Crippen molar-refractivity contribution in [2.24, 2.45) is 0 Å². The van der Waals surface area contributed by atoms with E-state index >= 15 is 0 Å². The molecule has 2 rings (SSSR count). The summed E-state index contributed by atoms with van der Waals surface area (Å²) in [7, 11) is 0. The molecule has 0 saturated carbocycles. The molecule has 0 aliphatic carbocycles. The zero-order chi connectivity index (χ0) is 14.4. The van der Waals surface area contributed by atoms with Crippen LogP contribution in [0, 0.1) is 0 Å². The van der Waals surface area contributed by atoms with Crippen LogP contribution in [-0.2, 0) is 0 Å². The molecule has 0 heterocycles. The van der Waals surface area contributed by atoms with Crippen molar-refractivity contribution in [3.05, 3.63) is 59.1 Å². The summed E-state index contributed by atoms with van der Waals surface area (Å²) >= 11 is 5.87. The Balaban J connectivity index is 1.77. The highest BCUT2D eigenvalue weighted by Gasteiger charge is 2.01. The quantitative estimate of drug-likeness (QED) is 0.799. The van der Waals surface area contributed by atoms with Gasteiger partial charge in [-0.15, -0.1) is 0 Å². The number of carboxylic acid groups (broad SMARTS) is 1. The van der Waals surface area contributed by atoms with E-state index in [1.165, 1.54) is 12.1 Å². The number of nitrogens with one attached hydrogen (secondary N) is 1. The first kappa shape index (κ1) is 14.2. The lowest BCUT2D eigenvalue weighted by atomic mass is 10.2. The fourth-order valence-corrected chi connectivity index (χ4v) is 1.85. The summed E-state index contributed by atoms with van der Waals surface area (Å²) in [5.74, 6) is -0.304. The minimum Gasteiger partial charge on any atom is -0.492 e. The zero-order valence-electron chi connectivity index (χ0n) is 10.7. The monoisotopic (exact) mass is 291 g/mol. The predicted octanol–water partition coefficient (Wildman–Crippen LogP) is 3.53. The predicted molar refractivity (Wildman–Crippen MR) is 78.8 cm³/mol. The fourth-order valence-electron chi connectivity index (χ4n) is 1.66. The Labute approximate surface area is 122 Å². The molecular weight excluding hydrogens is 278 g/mol. The van der Waals surface area contributed by atoms with Crippen LogP contribution in [0.15, 0.2) is 48.5 Å². The number of carbonyl (C=O) groups is 1. The summed E-state index contributed by atoms with van der Waals surface area (Å²) < 4.78 is 5.50. The van der Waals surface area contributed by atoms with Crippen molar-refractivity contribution in [1.29, 1.82) is 0 Å².